The van der Waals surface area contributed by atoms with Crippen molar-refractivity contribution in [3.8, 4) is 5.75 Å². The van der Waals surface area contributed by atoms with Gasteiger partial charge in [-0.3, -0.25) is 14.8 Å². The molecule has 0 saturated heterocycles. The summed E-state index contributed by atoms with van der Waals surface area (Å²) in [6.45, 7) is 5.07. The van der Waals surface area contributed by atoms with E-state index in [2.05, 4.69) is 4.72 Å². The summed E-state index contributed by atoms with van der Waals surface area (Å²) >= 11 is 0. The molecule has 0 spiro atoms. The average Bonchev–Trinajstić information content (AvgIpc) is 3.14. The molecule has 0 fully saturated rings. The smallest absolute Gasteiger partial charge is 0.342 e. The molecule has 1 N–H and O–H groups in total. The molecule has 182 valence electrons. The molecule has 35 heavy (non-hydrogen) atoms. The van der Waals surface area contributed by atoms with Gasteiger partial charge in [-0.15, -0.1) is 0 Å². The molecule has 4 rings (SSSR count). The predicted molar refractivity (Wildman–Crippen MR) is 129 cm³/mol. The maximum absolute atomic E-state index is 13.2. The molecule has 4 aromatic rings. The van der Waals surface area contributed by atoms with Crippen LogP contribution in [0.15, 0.2) is 57.8 Å². The van der Waals surface area contributed by atoms with Gasteiger partial charge in [0.15, 0.2) is 5.75 Å². The van der Waals surface area contributed by atoms with E-state index in [1.165, 1.54) is 25.3 Å². The first kappa shape index (κ1) is 24.0. The van der Waals surface area contributed by atoms with E-state index in [1.54, 1.807) is 45.0 Å². The Hall–Kier alpha value is -4.12. The second-order valence-electron chi connectivity index (χ2n) is 8.03. The van der Waals surface area contributed by atoms with Crippen LogP contribution >= 0.6 is 0 Å². The zero-order chi connectivity index (χ0) is 25.5. The maximum atomic E-state index is 13.2. The zero-order valence-electron chi connectivity index (χ0n) is 19.3. The van der Waals surface area contributed by atoms with E-state index in [1.807, 2.05) is 0 Å². The topological polar surface area (TPSA) is 138 Å². The van der Waals surface area contributed by atoms with Crippen LogP contribution in [0.25, 0.3) is 21.7 Å². The fourth-order valence-electron chi connectivity index (χ4n) is 3.83. The number of benzene rings is 3. The number of methoxy groups -OCH3 is 1. The fourth-order valence-corrected chi connectivity index (χ4v) is 4.92. The molecule has 0 aliphatic heterocycles. The fraction of sp³-hybridized carbons (Fsp3) is 0.208. The summed E-state index contributed by atoms with van der Waals surface area (Å²) in [7, 11) is -3.00. The third-order valence-corrected chi connectivity index (χ3v) is 6.68. The number of fused-ring (bicyclic) bond motifs is 3. The molecule has 0 bridgehead atoms. The Morgan fingerprint density at radius 2 is 1.77 bits per heavy atom. The van der Waals surface area contributed by atoms with Crippen LogP contribution in [0.4, 0.5) is 11.4 Å². The van der Waals surface area contributed by atoms with E-state index in [-0.39, 0.29) is 28.0 Å². The molecule has 11 heteroatoms. The molecule has 0 aliphatic carbocycles. The number of carbonyl (C=O) groups is 1. The lowest BCUT2D eigenvalue weighted by Crippen LogP contribution is -2.14. The number of nitro benzene ring substituents is 1. The number of nitrogens with zero attached hydrogens (tertiary/aromatic N) is 1. The average molecular weight is 499 g/mol. The molecule has 10 nitrogen and oxygen atoms in total. The Labute approximate surface area is 200 Å². The van der Waals surface area contributed by atoms with Crippen LogP contribution in [0.1, 0.15) is 30.0 Å². The minimum atomic E-state index is -4.26. The van der Waals surface area contributed by atoms with Crippen molar-refractivity contribution in [2.75, 3.05) is 11.8 Å². The third-order valence-electron chi connectivity index (χ3n) is 5.32. The summed E-state index contributed by atoms with van der Waals surface area (Å²) < 4.78 is 45.2. The van der Waals surface area contributed by atoms with Crippen LogP contribution < -0.4 is 9.46 Å². The Morgan fingerprint density at radius 3 is 2.40 bits per heavy atom. The van der Waals surface area contributed by atoms with E-state index in [0.29, 0.717) is 27.5 Å². The third kappa shape index (κ3) is 4.37. The Bertz CT molecular complexity index is 1590. The molecular weight excluding hydrogens is 476 g/mol. The van der Waals surface area contributed by atoms with Gasteiger partial charge in [0.1, 0.15) is 16.9 Å². The highest BCUT2D eigenvalue weighted by Gasteiger charge is 2.26. The van der Waals surface area contributed by atoms with Gasteiger partial charge in [0.2, 0.25) is 0 Å². The number of anilines is 1. The highest BCUT2D eigenvalue weighted by atomic mass is 32.2. The SMILES string of the molecule is COc1ccc(S(=O)(=O)Nc2cc3c(C(=O)OC(C)C)c(C)oc3c3ccccc23)cc1[N+](=O)[O-]. The minimum Gasteiger partial charge on any atom is -0.490 e. The first-order chi connectivity index (χ1) is 16.5. The van der Waals surface area contributed by atoms with E-state index in [9.17, 15) is 23.3 Å². The number of nitro groups is 1. The number of hydrogen-bond acceptors (Lipinski definition) is 8. The Balaban J connectivity index is 1.90. The summed E-state index contributed by atoms with van der Waals surface area (Å²) in [5, 5.41) is 12.9. The highest BCUT2D eigenvalue weighted by molar-refractivity contribution is 7.92. The lowest BCUT2D eigenvalue weighted by atomic mass is 10.0. The molecule has 3 aromatic carbocycles. The number of esters is 1. The van der Waals surface area contributed by atoms with Crippen molar-refractivity contribution < 1.29 is 32.0 Å². The van der Waals surface area contributed by atoms with Crippen molar-refractivity contribution in [1.29, 1.82) is 0 Å². The van der Waals surface area contributed by atoms with Gasteiger partial charge in [-0.1, -0.05) is 24.3 Å². The second-order valence-corrected chi connectivity index (χ2v) is 9.71. The van der Waals surface area contributed by atoms with Gasteiger partial charge in [0.25, 0.3) is 10.0 Å². The molecule has 0 saturated carbocycles. The first-order valence-corrected chi connectivity index (χ1v) is 12.0. The van der Waals surface area contributed by atoms with Gasteiger partial charge in [0, 0.05) is 22.2 Å². The number of furan rings is 1. The number of sulfonamides is 1. The zero-order valence-corrected chi connectivity index (χ0v) is 20.1. The quantitative estimate of drug-likeness (QED) is 0.209. The number of rotatable bonds is 7. The summed E-state index contributed by atoms with van der Waals surface area (Å²) in [4.78, 5) is 23.1. The van der Waals surface area contributed by atoms with Crippen LogP contribution in [-0.2, 0) is 14.8 Å². The summed E-state index contributed by atoms with van der Waals surface area (Å²) in [6.07, 6.45) is -0.365. The minimum absolute atomic E-state index is 0.0667. The normalized spacial score (nSPS) is 11.7. The van der Waals surface area contributed by atoms with E-state index >= 15 is 0 Å². The lowest BCUT2D eigenvalue weighted by Gasteiger charge is -2.13. The lowest BCUT2D eigenvalue weighted by molar-refractivity contribution is -0.386. The number of aryl methyl sites for hydroxylation is 1. The summed E-state index contributed by atoms with van der Waals surface area (Å²) in [6, 6.07) is 11.8. The molecule has 0 amide bonds. The van der Waals surface area contributed by atoms with E-state index in [0.717, 1.165) is 6.07 Å². The van der Waals surface area contributed by atoms with Crippen LogP contribution in [0.5, 0.6) is 5.75 Å². The molecular formula is C24H22N2O8S. The molecule has 0 radical (unpaired) electrons. The maximum Gasteiger partial charge on any atom is 0.342 e. The van der Waals surface area contributed by atoms with Crippen molar-refractivity contribution in [3.05, 3.63) is 70.0 Å². The van der Waals surface area contributed by atoms with Gasteiger partial charge >= 0.3 is 11.7 Å². The second kappa shape index (κ2) is 8.91. The standard InChI is InChI=1S/C24H22N2O8S/c1-13(2)33-24(27)22-14(3)34-23-17-8-6-5-7-16(17)19(12-18(22)23)25-35(30,31)15-9-10-21(32-4)20(11-15)26(28)29/h5-13,25H,1-4H3. The van der Waals surface area contributed by atoms with Crippen molar-refractivity contribution in [3.63, 3.8) is 0 Å². The summed E-state index contributed by atoms with van der Waals surface area (Å²) in [5.74, 6) is -0.323. The van der Waals surface area contributed by atoms with Gasteiger partial charge in [-0.05, 0) is 39.0 Å². The van der Waals surface area contributed by atoms with Crippen LogP contribution in [0, 0.1) is 17.0 Å². The summed E-state index contributed by atoms with van der Waals surface area (Å²) in [5.41, 5.74) is 0.294. The van der Waals surface area contributed by atoms with Gasteiger partial charge < -0.3 is 13.9 Å². The van der Waals surface area contributed by atoms with E-state index in [4.69, 9.17) is 13.9 Å². The van der Waals surface area contributed by atoms with Crippen molar-refractivity contribution in [1.82, 2.24) is 0 Å². The number of nitrogens with one attached hydrogen (secondary N) is 1. The molecule has 0 aliphatic rings. The predicted octanol–water partition coefficient (Wildman–Crippen LogP) is 5.18. The highest BCUT2D eigenvalue weighted by Crippen LogP contribution is 2.38. The molecule has 0 atom stereocenters. The van der Waals surface area contributed by atoms with Crippen LogP contribution in [-0.4, -0.2) is 32.5 Å². The van der Waals surface area contributed by atoms with Gasteiger partial charge in [-0.25, -0.2) is 13.2 Å². The number of hydrogen-bond donors (Lipinski definition) is 1. The number of carbonyl (C=O) groups excluding carboxylic acids is 1. The van der Waals surface area contributed by atoms with Crippen LogP contribution in [0.2, 0.25) is 0 Å². The van der Waals surface area contributed by atoms with Crippen LogP contribution in [0.3, 0.4) is 0 Å². The Morgan fingerprint density at radius 1 is 1.09 bits per heavy atom. The van der Waals surface area contributed by atoms with Crippen molar-refractivity contribution in [2.45, 2.75) is 31.8 Å². The van der Waals surface area contributed by atoms with Gasteiger partial charge in [-0.2, -0.15) is 0 Å². The molecule has 1 heterocycles. The number of ether oxygens (including phenoxy) is 2. The monoisotopic (exact) mass is 498 g/mol. The largest absolute Gasteiger partial charge is 0.490 e. The molecule has 1 aromatic heterocycles. The van der Waals surface area contributed by atoms with Crippen molar-refractivity contribution in [2.24, 2.45) is 0 Å². The van der Waals surface area contributed by atoms with Crippen molar-refractivity contribution >= 4 is 49.1 Å². The van der Waals surface area contributed by atoms with Gasteiger partial charge in [0.05, 0.1) is 28.7 Å². The first-order valence-electron chi connectivity index (χ1n) is 10.5. The Kier molecular flexibility index (Phi) is 6.12. The molecule has 0 unspecified atom stereocenters. The van der Waals surface area contributed by atoms with E-state index < -0.39 is 26.6 Å².